The topological polar surface area (TPSA) is 90.4 Å². The summed E-state index contributed by atoms with van der Waals surface area (Å²) in [5.74, 6) is 0.299. The van der Waals surface area contributed by atoms with Crippen LogP contribution in [0, 0.1) is 0 Å². The maximum absolute atomic E-state index is 12.8. The Labute approximate surface area is 148 Å². The average molecular weight is 354 g/mol. The van der Waals surface area contributed by atoms with Crippen molar-refractivity contribution in [1.29, 1.82) is 0 Å². The van der Waals surface area contributed by atoms with Gasteiger partial charge in [0.05, 0.1) is 38.1 Å². The van der Waals surface area contributed by atoms with Crippen molar-refractivity contribution in [3.63, 3.8) is 0 Å². The predicted molar refractivity (Wildman–Crippen MR) is 96.6 cm³/mol. The van der Waals surface area contributed by atoms with Gasteiger partial charge in [0.25, 0.3) is 5.56 Å². The molecular formula is C19H18N2O5. The normalized spacial score (nSPS) is 10.7. The number of aromatic nitrogens is 2. The Kier molecular flexibility index (Phi) is 4.88. The number of ether oxygens (including phenoxy) is 2. The first kappa shape index (κ1) is 17.5. The van der Waals surface area contributed by atoms with Gasteiger partial charge in [0.2, 0.25) is 0 Å². The molecule has 2 aromatic carbocycles. The number of carbonyl (C=O) groups is 1. The summed E-state index contributed by atoms with van der Waals surface area (Å²) in [6.45, 7) is 0.134. The molecule has 1 aromatic heterocycles. The summed E-state index contributed by atoms with van der Waals surface area (Å²) in [6.07, 6.45) is 0.0590. The van der Waals surface area contributed by atoms with Gasteiger partial charge in [-0.05, 0) is 35.4 Å². The molecule has 3 aromatic rings. The van der Waals surface area contributed by atoms with E-state index in [1.54, 1.807) is 49.6 Å². The molecule has 1 N–H and O–H groups in total. The Hall–Kier alpha value is -3.35. The van der Waals surface area contributed by atoms with Crippen LogP contribution in [0.5, 0.6) is 5.75 Å². The molecule has 0 saturated heterocycles. The fourth-order valence-electron chi connectivity index (χ4n) is 2.70. The van der Waals surface area contributed by atoms with Crippen LogP contribution < -0.4 is 16.0 Å². The van der Waals surface area contributed by atoms with Crippen molar-refractivity contribution >= 4 is 16.9 Å². The first-order valence-corrected chi connectivity index (χ1v) is 7.97. The number of aromatic amines is 1. The third-order valence-electron chi connectivity index (χ3n) is 4.12. The van der Waals surface area contributed by atoms with Crippen LogP contribution in [0.3, 0.4) is 0 Å². The highest BCUT2D eigenvalue weighted by Crippen LogP contribution is 2.13. The largest absolute Gasteiger partial charge is 0.497 e. The van der Waals surface area contributed by atoms with Crippen molar-refractivity contribution in [3.8, 4) is 5.75 Å². The van der Waals surface area contributed by atoms with Gasteiger partial charge in [0.15, 0.2) is 0 Å². The molecule has 1 heterocycles. The van der Waals surface area contributed by atoms with Crippen molar-refractivity contribution < 1.29 is 14.3 Å². The van der Waals surface area contributed by atoms with Crippen LogP contribution in [-0.2, 0) is 22.5 Å². The van der Waals surface area contributed by atoms with Crippen molar-refractivity contribution in [1.82, 2.24) is 9.55 Å². The zero-order valence-electron chi connectivity index (χ0n) is 14.4. The zero-order chi connectivity index (χ0) is 18.7. The van der Waals surface area contributed by atoms with Gasteiger partial charge < -0.3 is 14.5 Å². The SMILES string of the molecule is COC(=O)Cc1ccc2[nH]c(=O)n(Cc3ccc(OC)cc3)c(=O)c2c1. The van der Waals surface area contributed by atoms with Crippen molar-refractivity contribution in [2.45, 2.75) is 13.0 Å². The standard InChI is InChI=1S/C19H18N2O5/c1-25-14-6-3-12(4-7-14)11-21-18(23)15-9-13(10-17(22)26-2)5-8-16(15)20-19(21)24/h3-9H,10-11H2,1-2H3,(H,20,24). The zero-order valence-corrected chi connectivity index (χ0v) is 14.4. The molecular weight excluding hydrogens is 336 g/mol. The fraction of sp³-hybridized carbons (Fsp3) is 0.211. The Morgan fingerprint density at radius 1 is 1.04 bits per heavy atom. The summed E-state index contributed by atoms with van der Waals surface area (Å²) in [5, 5.41) is 0.347. The molecule has 0 fully saturated rings. The number of nitrogens with zero attached hydrogens (tertiary/aromatic N) is 1. The fourth-order valence-corrected chi connectivity index (χ4v) is 2.70. The average Bonchev–Trinajstić information content (AvgIpc) is 2.66. The summed E-state index contributed by atoms with van der Waals surface area (Å²) in [6, 6.07) is 12.0. The van der Waals surface area contributed by atoms with E-state index < -0.39 is 17.2 Å². The minimum atomic E-state index is -0.487. The highest BCUT2D eigenvalue weighted by Gasteiger charge is 2.11. The molecule has 7 nitrogen and oxygen atoms in total. The molecule has 3 rings (SSSR count). The van der Waals surface area contributed by atoms with Crippen LogP contribution in [0.1, 0.15) is 11.1 Å². The molecule has 0 atom stereocenters. The van der Waals surface area contributed by atoms with E-state index in [0.717, 1.165) is 10.1 Å². The predicted octanol–water partition coefficient (Wildman–Crippen LogP) is 1.46. The number of hydrogen-bond acceptors (Lipinski definition) is 5. The minimum absolute atomic E-state index is 0.0590. The molecule has 0 aliphatic rings. The van der Waals surface area contributed by atoms with Crippen LogP contribution in [0.2, 0.25) is 0 Å². The van der Waals surface area contributed by atoms with E-state index in [9.17, 15) is 14.4 Å². The molecule has 0 radical (unpaired) electrons. The van der Waals surface area contributed by atoms with Crippen LogP contribution in [-0.4, -0.2) is 29.7 Å². The monoisotopic (exact) mass is 354 g/mol. The summed E-state index contributed by atoms with van der Waals surface area (Å²) in [5.41, 5.74) is 0.970. The van der Waals surface area contributed by atoms with Crippen molar-refractivity contribution in [2.75, 3.05) is 14.2 Å². The molecule has 0 amide bonds. The number of carbonyl (C=O) groups excluding carboxylic acids is 1. The van der Waals surface area contributed by atoms with Crippen molar-refractivity contribution in [3.05, 3.63) is 74.4 Å². The van der Waals surface area contributed by atoms with Gasteiger partial charge >= 0.3 is 11.7 Å². The summed E-state index contributed by atoms with van der Waals surface area (Å²) >= 11 is 0. The van der Waals surface area contributed by atoms with Gasteiger partial charge in [0.1, 0.15) is 5.75 Å². The number of H-pyrrole nitrogens is 1. The lowest BCUT2D eigenvalue weighted by molar-refractivity contribution is -0.139. The number of fused-ring (bicyclic) bond motifs is 1. The third kappa shape index (κ3) is 3.51. The molecule has 0 unspecified atom stereocenters. The van der Waals surface area contributed by atoms with E-state index in [4.69, 9.17) is 4.74 Å². The maximum atomic E-state index is 12.8. The Morgan fingerprint density at radius 2 is 1.73 bits per heavy atom. The van der Waals surface area contributed by atoms with Crippen molar-refractivity contribution in [2.24, 2.45) is 0 Å². The van der Waals surface area contributed by atoms with Gasteiger partial charge in [0, 0.05) is 0 Å². The highest BCUT2D eigenvalue weighted by atomic mass is 16.5. The van der Waals surface area contributed by atoms with Crippen LogP contribution >= 0.6 is 0 Å². The molecule has 0 spiro atoms. The van der Waals surface area contributed by atoms with Gasteiger partial charge in [-0.2, -0.15) is 0 Å². The van der Waals surface area contributed by atoms with Gasteiger partial charge in [-0.15, -0.1) is 0 Å². The number of benzene rings is 2. The van der Waals surface area contributed by atoms with E-state index in [1.807, 2.05) is 0 Å². The first-order chi connectivity index (χ1) is 12.5. The highest BCUT2D eigenvalue weighted by molar-refractivity contribution is 5.80. The number of esters is 1. The summed E-state index contributed by atoms with van der Waals surface area (Å²) in [4.78, 5) is 39.2. The van der Waals surface area contributed by atoms with Gasteiger partial charge in [-0.1, -0.05) is 18.2 Å². The van der Waals surface area contributed by atoms with E-state index >= 15 is 0 Å². The third-order valence-corrected chi connectivity index (χ3v) is 4.12. The first-order valence-electron chi connectivity index (χ1n) is 7.97. The molecule has 134 valence electrons. The van der Waals surface area contributed by atoms with Crippen LogP contribution in [0.4, 0.5) is 0 Å². The van der Waals surface area contributed by atoms with Gasteiger partial charge in [-0.25, -0.2) is 4.79 Å². The minimum Gasteiger partial charge on any atom is -0.497 e. The Balaban J connectivity index is 2.02. The Bertz CT molecular complexity index is 1060. The number of rotatable bonds is 5. The molecule has 0 saturated carbocycles. The smallest absolute Gasteiger partial charge is 0.329 e. The summed E-state index contributed by atoms with van der Waals surface area (Å²) in [7, 11) is 2.88. The van der Waals surface area contributed by atoms with Crippen LogP contribution in [0.15, 0.2) is 52.1 Å². The molecule has 7 heteroatoms. The molecule has 0 aliphatic heterocycles. The van der Waals surface area contributed by atoms with E-state index in [1.165, 1.54) is 7.11 Å². The molecule has 0 bridgehead atoms. The second kappa shape index (κ2) is 7.26. The quantitative estimate of drug-likeness (QED) is 0.701. The second-order valence-corrected chi connectivity index (χ2v) is 5.80. The van der Waals surface area contributed by atoms with E-state index in [-0.39, 0.29) is 13.0 Å². The van der Waals surface area contributed by atoms with Crippen LogP contribution in [0.25, 0.3) is 10.9 Å². The molecule has 0 aliphatic carbocycles. The van der Waals surface area contributed by atoms with Gasteiger partial charge in [-0.3, -0.25) is 14.2 Å². The molecule has 26 heavy (non-hydrogen) atoms. The Morgan fingerprint density at radius 3 is 2.38 bits per heavy atom. The number of hydrogen-bond donors (Lipinski definition) is 1. The lowest BCUT2D eigenvalue weighted by Gasteiger charge is -2.08. The lowest BCUT2D eigenvalue weighted by atomic mass is 10.1. The number of methoxy groups -OCH3 is 2. The van der Waals surface area contributed by atoms with E-state index in [2.05, 4.69) is 9.72 Å². The number of nitrogens with one attached hydrogen (secondary N) is 1. The summed E-state index contributed by atoms with van der Waals surface area (Å²) < 4.78 is 10.9. The maximum Gasteiger partial charge on any atom is 0.329 e. The van der Waals surface area contributed by atoms with E-state index in [0.29, 0.717) is 22.2 Å². The second-order valence-electron chi connectivity index (χ2n) is 5.80. The lowest BCUT2D eigenvalue weighted by Crippen LogP contribution is -2.35.